The Labute approximate surface area is 117 Å². The van der Waals surface area contributed by atoms with Crippen LogP contribution in [0.5, 0.6) is 0 Å². The predicted molar refractivity (Wildman–Crippen MR) is 71.5 cm³/mol. The molecule has 0 bridgehead atoms. The van der Waals surface area contributed by atoms with Crippen LogP contribution >= 0.6 is 0 Å². The fourth-order valence-electron chi connectivity index (χ4n) is 1.48. The number of carbonyl (C=O) groups is 1. The van der Waals surface area contributed by atoms with Crippen molar-refractivity contribution in [2.45, 2.75) is 4.90 Å². The van der Waals surface area contributed by atoms with Crippen molar-refractivity contribution in [3.8, 4) is 0 Å². The number of methoxy groups -OCH3 is 1. The standard InChI is InChI=1S/C12H17FN2O4S/c1-15(2)7-6-14-20(17,18)11-8-9(13)4-5-10(11)12(16)19-3/h4-5,8,14H,6-7H2,1-3H3. The van der Waals surface area contributed by atoms with Crippen LogP contribution in [-0.4, -0.2) is 53.6 Å². The molecule has 1 aromatic carbocycles. The summed E-state index contributed by atoms with van der Waals surface area (Å²) in [5.41, 5.74) is -0.203. The number of esters is 1. The Morgan fingerprint density at radius 2 is 2.05 bits per heavy atom. The number of ether oxygens (including phenoxy) is 1. The number of halogens is 1. The first-order valence-corrected chi connectivity index (χ1v) is 7.28. The van der Waals surface area contributed by atoms with E-state index in [0.29, 0.717) is 6.54 Å². The van der Waals surface area contributed by atoms with Crippen LogP contribution in [0.4, 0.5) is 4.39 Å². The summed E-state index contributed by atoms with van der Waals surface area (Å²) in [4.78, 5) is 12.9. The summed E-state index contributed by atoms with van der Waals surface area (Å²) < 4.78 is 44.3. The molecular formula is C12H17FN2O4S. The van der Waals surface area contributed by atoms with Gasteiger partial charge in [0.2, 0.25) is 10.0 Å². The number of hydrogen-bond acceptors (Lipinski definition) is 5. The maximum absolute atomic E-state index is 13.2. The third kappa shape index (κ3) is 4.26. The van der Waals surface area contributed by atoms with E-state index in [1.165, 1.54) is 0 Å². The maximum atomic E-state index is 13.2. The van der Waals surface area contributed by atoms with Crippen LogP contribution in [0, 0.1) is 5.82 Å². The van der Waals surface area contributed by atoms with E-state index in [4.69, 9.17) is 0 Å². The lowest BCUT2D eigenvalue weighted by Gasteiger charge is -2.13. The SMILES string of the molecule is COC(=O)c1ccc(F)cc1S(=O)(=O)NCCN(C)C. The van der Waals surface area contributed by atoms with Crippen LogP contribution in [0.1, 0.15) is 10.4 Å². The van der Waals surface area contributed by atoms with Crippen LogP contribution in [0.2, 0.25) is 0 Å². The van der Waals surface area contributed by atoms with Gasteiger partial charge in [-0.25, -0.2) is 22.3 Å². The van der Waals surface area contributed by atoms with Gasteiger partial charge in [0.25, 0.3) is 0 Å². The lowest BCUT2D eigenvalue weighted by atomic mass is 10.2. The van der Waals surface area contributed by atoms with E-state index in [-0.39, 0.29) is 12.1 Å². The van der Waals surface area contributed by atoms with Crippen molar-refractivity contribution in [1.29, 1.82) is 0 Å². The monoisotopic (exact) mass is 304 g/mol. The molecule has 0 saturated carbocycles. The van der Waals surface area contributed by atoms with Crippen molar-refractivity contribution < 1.29 is 22.3 Å². The molecular weight excluding hydrogens is 287 g/mol. The largest absolute Gasteiger partial charge is 0.465 e. The van der Waals surface area contributed by atoms with E-state index in [1.54, 1.807) is 19.0 Å². The first-order chi connectivity index (χ1) is 9.27. The van der Waals surface area contributed by atoms with Gasteiger partial charge in [-0.1, -0.05) is 0 Å². The van der Waals surface area contributed by atoms with Crippen molar-refractivity contribution in [1.82, 2.24) is 9.62 Å². The quantitative estimate of drug-likeness (QED) is 0.772. The number of nitrogens with one attached hydrogen (secondary N) is 1. The molecule has 1 rings (SSSR count). The molecule has 6 nitrogen and oxygen atoms in total. The van der Waals surface area contributed by atoms with Crippen molar-refractivity contribution >= 4 is 16.0 Å². The minimum absolute atomic E-state index is 0.145. The lowest BCUT2D eigenvalue weighted by molar-refractivity contribution is 0.0596. The Morgan fingerprint density at radius 1 is 1.40 bits per heavy atom. The van der Waals surface area contributed by atoms with Gasteiger partial charge in [-0.2, -0.15) is 0 Å². The average Bonchev–Trinajstić information content (AvgIpc) is 2.37. The van der Waals surface area contributed by atoms with Crippen molar-refractivity contribution in [2.75, 3.05) is 34.3 Å². The van der Waals surface area contributed by atoms with E-state index < -0.39 is 26.7 Å². The van der Waals surface area contributed by atoms with Crippen molar-refractivity contribution in [2.24, 2.45) is 0 Å². The molecule has 112 valence electrons. The molecule has 0 spiro atoms. The summed E-state index contributed by atoms with van der Waals surface area (Å²) in [7, 11) is 0.721. The molecule has 0 aliphatic carbocycles. The number of likely N-dealkylation sites (N-methyl/N-ethyl adjacent to an activating group) is 1. The number of hydrogen-bond donors (Lipinski definition) is 1. The molecule has 0 unspecified atom stereocenters. The number of nitrogens with zero attached hydrogens (tertiary/aromatic N) is 1. The fraction of sp³-hybridized carbons (Fsp3) is 0.417. The fourth-order valence-corrected chi connectivity index (χ4v) is 2.70. The highest BCUT2D eigenvalue weighted by atomic mass is 32.2. The summed E-state index contributed by atoms with van der Waals surface area (Å²) in [6, 6.07) is 2.89. The second-order valence-corrected chi connectivity index (χ2v) is 6.07. The average molecular weight is 304 g/mol. The highest BCUT2D eigenvalue weighted by Gasteiger charge is 2.23. The van der Waals surface area contributed by atoms with Gasteiger partial charge in [0.1, 0.15) is 5.82 Å². The topological polar surface area (TPSA) is 75.7 Å². The molecule has 1 N–H and O–H groups in total. The van der Waals surface area contributed by atoms with Gasteiger partial charge in [-0.3, -0.25) is 0 Å². The molecule has 0 fully saturated rings. The normalized spacial score (nSPS) is 11.7. The number of benzene rings is 1. The Hall–Kier alpha value is -1.51. The maximum Gasteiger partial charge on any atom is 0.339 e. The first kappa shape index (κ1) is 16.5. The van der Waals surface area contributed by atoms with Gasteiger partial charge in [-0.05, 0) is 32.3 Å². The number of sulfonamides is 1. The molecule has 0 heterocycles. The van der Waals surface area contributed by atoms with Gasteiger partial charge in [0, 0.05) is 13.1 Å². The van der Waals surface area contributed by atoms with Crippen molar-refractivity contribution in [3.63, 3.8) is 0 Å². The zero-order valence-electron chi connectivity index (χ0n) is 11.5. The summed E-state index contributed by atoms with van der Waals surface area (Å²) in [5.74, 6) is -1.58. The molecule has 0 amide bonds. The smallest absolute Gasteiger partial charge is 0.339 e. The van der Waals surface area contributed by atoms with E-state index >= 15 is 0 Å². The zero-order chi connectivity index (χ0) is 15.3. The molecule has 0 aliphatic rings. The zero-order valence-corrected chi connectivity index (χ0v) is 12.3. The lowest BCUT2D eigenvalue weighted by Crippen LogP contribution is -2.32. The Bertz CT molecular complexity index is 587. The van der Waals surface area contributed by atoms with E-state index in [2.05, 4.69) is 9.46 Å². The third-order valence-electron chi connectivity index (χ3n) is 2.49. The molecule has 20 heavy (non-hydrogen) atoms. The van der Waals surface area contributed by atoms with Crippen LogP contribution in [0.3, 0.4) is 0 Å². The van der Waals surface area contributed by atoms with E-state index in [0.717, 1.165) is 25.3 Å². The molecule has 0 saturated heterocycles. The molecule has 0 radical (unpaired) electrons. The summed E-state index contributed by atoms with van der Waals surface area (Å²) in [6.07, 6.45) is 0. The van der Waals surface area contributed by atoms with Gasteiger partial charge < -0.3 is 9.64 Å². The Kier molecular flexibility index (Phi) is 5.61. The molecule has 0 atom stereocenters. The molecule has 8 heteroatoms. The molecule has 0 aliphatic heterocycles. The molecule has 1 aromatic rings. The summed E-state index contributed by atoms with van der Waals surface area (Å²) in [6.45, 7) is 0.620. The van der Waals surface area contributed by atoms with Gasteiger partial charge >= 0.3 is 5.97 Å². The summed E-state index contributed by atoms with van der Waals surface area (Å²) in [5, 5.41) is 0. The van der Waals surface area contributed by atoms with Crippen LogP contribution in [0.15, 0.2) is 23.1 Å². The Balaban J connectivity index is 3.10. The van der Waals surface area contributed by atoms with Gasteiger partial charge in [0.15, 0.2) is 0 Å². The van der Waals surface area contributed by atoms with Crippen molar-refractivity contribution in [3.05, 3.63) is 29.6 Å². The predicted octanol–water partition coefficient (Wildman–Crippen LogP) is 0.452. The second-order valence-electron chi connectivity index (χ2n) is 4.33. The van der Waals surface area contributed by atoms with E-state index in [9.17, 15) is 17.6 Å². The summed E-state index contributed by atoms with van der Waals surface area (Å²) >= 11 is 0. The van der Waals surface area contributed by atoms with Crippen LogP contribution in [0.25, 0.3) is 0 Å². The second kappa shape index (κ2) is 6.78. The number of rotatable bonds is 6. The highest BCUT2D eigenvalue weighted by molar-refractivity contribution is 7.89. The van der Waals surface area contributed by atoms with Crippen LogP contribution < -0.4 is 4.72 Å². The highest BCUT2D eigenvalue weighted by Crippen LogP contribution is 2.18. The molecule has 0 aromatic heterocycles. The van der Waals surface area contributed by atoms with E-state index in [1.807, 2.05) is 0 Å². The van der Waals surface area contributed by atoms with Gasteiger partial charge in [0.05, 0.1) is 17.6 Å². The third-order valence-corrected chi connectivity index (χ3v) is 3.99. The minimum atomic E-state index is -3.98. The first-order valence-electron chi connectivity index (χ1n) is 5.80. The van der Waals surface area contributed by atoms with Crippen LogP contribution in [-0.2, 0) is 14.8 Å². The Morgan fingerprint density at radius 3 is 2.60 bits per heavy atom. The van der Waals surface area contributed by atoms with Gasteiger partial charge in [-0.15, -0.1) is 0 Å². The minimum Gasteiger partial charge on any atom is -0.465 e. The number of carbonyl (C=O) groups excluding carboxylic acids is 1.